The number of nitrogens with zero attached hydrogens (tertiary/aromatic N) is 4. The molecular formula is C13H8Cl3N5. The first kappa shape index (κ1) is 14.1. The zero-order valence-electron chi connectivity index (χ0n) is 10.5. The normalized spacial score (nSPS) is 10.6. The van der Waals surface area contributed by atoms with Gasteiger partial charge in [-0.2, -0.15) is 4.68 Å². The molecule has 0 aliphatic carbocycles. The van der Waals surface area contributed by atoms with Crippen LogP contribution >= 0.6 is 34.8 Å². The van der Waals surface area contributed by atoms with Crippen molar-refractivity contribution in [3.05, 3.63) is 57.5 Å². The van der Waals surface area contributed by atoms with Crippen LogP contribution in [0.25, 0.3) is 5.69 Å². The van der Waals surface area contributed by atoms with Gasteiger partial charge in [-0.15, -0.1) is 0 Å². The van der Waals surface area contributed by atoms with Crippen LogP contribution in [0.2, 0.25) is 15.1 Å². The van der Waals surface area contributed by atoms with E-state index >= 15 is 0 Å². The Hall–Kier alpha value is -1.82. The zero-order valence-corrected chi connectivity index (χ0v) is 12.7. The molecule has 0 spiro atoms. The lowest BCUT2D eigenvalue weighted by Crippen LogP contribution is -2.03. The van der Waals surface area contributed by atoms with E-state index in [1.165, 1.54) is 0 Å². The van der Waals surface area contributed by atoms with E-state index < -0.39 is 0 Å². The molecule has 1 heterocycles. The minimum Gasteiger partial charge on any atom is -0.321 e. The predicted molar refractivity (Wildman–Crippen MR) is 83.9 cm³/mol. The molecule has 0 saturated carbocycles. The number of halogens is 3. The second-order valence-electron chi connectivity index (χ2n) is 4.14. The van der Waals surface area contributed by atoms with Gasteiger partial charge in [-0.1, -0.05) is 39.9 Å². The molecule has 3 aromatic rings. The molecule has 0 fully saturated rings. The molecule has 8 heteroatoms. The molecule has 1 aromatic heterocycles. The molecular weight excluding hydrogens is 333 g/mol. The summed E-state index contributed by atoms with van der Waals surface area (Å²) < 4.78 is 1.54. The Morgan fingerprint density at radius 2 is 1.62 bits per heavy atom. The van der Waals surface area contributed by atoms with Crippen molar-refractivity contribution < 1.29 is 0 Å². The topological polar surface area (TPSA) is 55.6 Å². The molecule has 106 valence electrons. The Labute approximate surface area is 135 Å². The van der Waals surface area contributed by atoms with Gasteiger partial charge in [0, 0.05) is 10.0 Å². The zero-order chi connectivity index (χ0) is 14.8. The van der Waals surface area contributed by atoms with Crippen LogP contribution in [0.1, 0.15) is 0 Å². The van der Waals surface area contributed by atoms with Gasteiger partial charge in [0.25, 0.3) is 5.95 Å². The van der Waals surface area contributed by atoms with Crippen LogP contribution in [0.3, 0.4) is 0 Å². The lowest BCUT2D eigenvalue weighted by Gasteiger charge is -2.08. The average molecular weight is 341 g/mol. The van der Waals surface area contributed by atoms with Crippen molar-refractivity contribution in [2.45, 2.75) is 0 Å². The van der Waals surface area contributed by atoms with Crippen LogP contribution in [-0.2, 0) is 0 Å². The van der Waals surface area contributed by atoms with Gasteiger partial charge in [0.1, 0.15) is 0 Å². The fourth-order valence-electron chi connectivity index (χ4n) is 1.73. The highest BCUT2D eigenvalue weighted by Gasteiger charge is 2.10. The number of benzene rings is 2. The van der Waals surface area contributed by atoms with Crippen LogP contribution in [-0.4, -0.2) is 20.2 Å². The molecule has 0 atom stereocenters. The second-order valence-corrected chi connectivity index (χ2v) is 5.42. The van der Waals surface area contributed by atoms with E-state index in [9.17, 15) is 0 Å². The standard InChI is InChI=1S/C13H8Cl3N5/c14-8-1-4-10(5-2-8)21-13(18-19-20-21)17-12-6-3-9(15)7-11(12)16/h1-7H,(H,17,18,20). The number of rotatable bonds is 3. The van der Waals surface area contributed by atoms with Crippen molar-refractivity contribution in [3.63, 3.8) is 0 Å². The largest absolute Gasteiger partial charge is 0.321 e. The first-order valence-electron chi connectivity index (χ1n) is 5.90. The maximum absolute atomic E-state index is 6.12. The number of hydrogen-bond donors (Lipinski definition) is 1. The molecule has 2 aromatic carbocycles. The van der Waals surface area contributed by atoms with Crippen molar-refractivity contribution in [2.75, 3.05) is 5.32 Å². The van der Waals surface area contributed by atoms with Gasteiger partial charge in [-0.3, -0.25) is 0 Å². The third-order valence-corrected chi connectivity index (χ3v) is 3.52. The lowest BCUT2D eigenvalue weighted by atomic mass is 10.3. The van der Waals surface area contributed by atoms with Gasteiger partial charge in [0.2, 0.25) is 0 Å². The van der Waals surface area contributed by atoms with Crippen LogP contribution in [0.5, 0.6) is 0 Å². The summed E-state index contributed by atoms with van der Waals surface area (Å²) in [6.07, 6.45) is 0. The number of nitrogens with one attached hydrogen (secondary N) is 1. The van der Waals surface area contributed by atoms with Crippen molar-refractivity contribution in [1.29, 1.82) is 0 Å². The van der Waals surface area contributed by atoms with Crippen molar-refractivity contribution in [3.8, 4) is 5.69 Å². The SMILES string of the molecule is Clc1ccc(-n2nnnc2Nc2ccc(Cl)cc2Cl)cc1. The molecule has 3 rings (SSSR count). The summed E-state index contributed by atoms with van der Waals surface area (Å²) in [6.45, 7) is 0. The van der Waals surface area contributed by atoms with E-state index in [0.717, 1.165) is 5.69 Å². The Balaban J connectivity index is 1.94. The molecule has 0 saturated heterocycles. The Morgan fingerprint density at radius 3 is 2.33 bits per heavy atom. The molecule has 0 bridgehead atoms. The third-order valence-electron chi connectivity index (χ3n) is 2.72. The lowest BCUT2D eigenvalue weighted by molar-refractivity contribution is 0.791. The summed E-state index contributed by atoms with van der Waals surface area (Å²) >= 11 is 17.9. The molecule has 0 aliphatic rings. The molecule has 0 radical (unpaired) electrons. The third kappa shape index (κ3) is 3.10. The summed E-state index contributed by atoms with van der Waals surface area (Å²) in [5.74, 6) is 0.432. The highest BCUT2D eigenvalue weighted by atomic mass is 35.5. The van der Waals surface area contributed by atoms with Gasteiger partial charge in [-0.05, 0) is 52.9 Å². The molecule has 21 heavy (non-hydrogen) atoms. The summed E-state index contributed by atoms with van der Waals surface area (Å²) in [5, 5.41) is 16.3. The highest BCUT2D eigenvalue weighted by molar-refractivity contribution is 6.36. The van der Waals surface area contributed by atoms with Crippen molar-refractivity contribution >= 4 is 46.4 Å². The van der Waals surface area contributed by atoms with E-state index in [1.807, 2.05) is 12.1 Å². The Bertz CT molecular complexity index is 770. The first-order valence-corrected chi connectivity index (χ1v) is 7.03. The van der Waals surface area contributed by atoms with E-state index in [2.05, 4.69) is 20.8 Å². The summed E-state index contributed by atoms with van der Waals surface area (Å²) in [5.41, 5.74) is 1.43. The van der Waals surface area contributed by atoms with Crippen LogP contribution in [0, 0.1) is 0 Å². The van der Waals surface area contributed by atoms with Crippen molar-refractivity contribution in [1.82, 2.24) is 20.2 Å². The monoisotopic (exact) mass is 339 g/mol. The van der Waals surface area contributed by atoms with Gasteiger partial charge in [0.15, 0.2) is 0 Å². The van der Waals surface area contributed by atoms with Gasteiger partial charge < -0.3 is 5.32 Å². The maximum Gasteiger partial charge on any atom is 0.252 e. The minimum absolute atomic E-state index is 0.432. The van der Waals surface area contributed by atoms with E-state index in [1.54, 1.807) is 35.0 Å². The summed E-state index contributed by atoms with van der Waals surface area (Å²) in [7, 11) is 0. The van der Waals surface area contributed by atoms with Crippen LogP contribution in [0.4, 0.5) is 11.6 Å². The quantitative estimate of drug-likeness (QED) is 0.769. The Morgan fingerprint density at radius 1 is 0.905 bits per heavy atom. The number of anilines is 2. The molecule has 1 N–H and O–H groups in total. The van der Waals surface area contributed by atoms with Gasteiger partial charge >= 0.3 is 0 Å². The second kappa shape index (κ2) is 5.89. The molecule has 5 nitrogen and oxygen atoms in total. The van der Waals surface area contributed by atoms with E-state index in [0.29, 0.717) is 26.7 Å². The Kier molecular flexibility index (Phi) is 3.96. The summed E-state index contributed by atoms with van der Waals surface area (Å²) in [4.78, 5) is 0. The number of tetrazole rings is 1. The molecule has 0 aliphatic heterocycles. The maximum atomic E-state index is 6.12. The number of aromatic nitrogens is 4. The number of hydrogen-bond acceptors (Lipinski definition) is 4. The first-order chi connectivity index (χ1) is 10.1. The molecule has 0 amide bonds. The van der Waals surface area contributed by atoms with Gasteiger partial charge in [0.05, 0.1) is 16.4 Å². The molecule has 0 unspecified atom stereocenters. The van der Waals surface area contributed by atoms with Crippen LogP contribution < -0.4 is 5.32 Å². The minimum atomic E-state index is 0.432. The summed E-state index contributed by atoms with van der Waals surface area (Å²) in [6, 6.07) is 12.3. The highest BCUT2D eigenvalue weighted by Crippen LogP contribution is 2.28. The van der Waals surface area contributed by atoms with Crippen LogP contribution in [0.15, 0.2) is 42.5 Å². The predicted octanol–water partition coefficient (Wildman–Crippen LogP) is 4.37. The fourth-order valence-corrected chi connectivity index (χ4v) is 2.31. The van der Waals surface area contributed by atoms with E-state index in [4.69, 9.17) is 34.8 Å². The fraction of sp³-hybridized carbons (Fsp3) is 0. The van der Waals surface area contributed by atoms with Gasteiger partial charge in [-0.25, -0.2) is 0 Å². The van der Waals surface area contributed by atoms with E-state index in [-0.39, 0.29) is 0 Å². The smallest absolute Gasteiger partial charge is 0.252 e. The average Bonchev–Trinajstić information content (AvgIpc) is 2.91. The van der Waals surface area contributed by atoms with Crippen molar-refractivity contribution in [2.24, 2.45) is 0 Å².